The van der Waals surface area contributed by atoms with Gasteiger partial charge in [0, 0.05) is 22.0 Å². The first-order valence-corrected chi connectivity index (χ1v) is 6.35. The molecule has 0 radical (unpaired) electrons. The van der Waals surface area contributed by atoms with Crippen molar-refractivity contribution in [2.75, 3.05) is 6.61 Å². The molecule has 0 amide bonds. The third kappa shape index (κ3) is 5.00. The maximum atomic E-state index is 5.94. The molecular weight excluding hydrogens is 246 g/mol. The second-order valence-corrected chi connectivity index (χ2v) is 5.75. The van der Waals surface area contributed by atoms with Gasteiger partial charge in [0.25, 0.3) is 0 Å². The van der Waals surface area contributed by atoms with E-state index in [0.717, 1.165) is 11.3 Å². The Kier molecular flexibility index (Phi) is 5.07. The highest BCUT2D eigenvalue weighted by atomic mass is 35.5. The van der Waals surface area contributed by atoms with Gasteiger partial charge in [-0.1, -0.05) is 23.4 Å². The van der Waals surface area contributed by atoms with Gasteiger partial charge in [0.15, 0.2) is 0 Å². The van der Waals surface area contributed by atoms with Crippen LogP contribution in [-0.2, 0) is 0 Å². The first kappa shape index (κ1) is 14.9. The van der Waals surface area contributed by atoms with E-state index in [0.29, 0.717) is 11.6 Å². The number of nitrogens with two attached hydrogens (primary N) is 1. The summed E-state index contributed by atoms with van der Waals surface area (Å²) in [6.45, 7) is 8.46. The molecular formula is C15H20ClNO. The Morgan fingerprint density at radius 2 is 2.06 bits per heavy atom. The topological polar surface area (TPSA) is 35.2 Å². The first-order chi connectivity index (χ1) is 8.29. The largest absolute Gasteiger partial charge is 0.481 e. The highest BCUT2D eigenvalue weighted by molar-refractivity contribution is 6.30. The maximum absolute atomic E-state index is 5.94. The van der Waals surface area contributed by atoms with E-state index in [-0.39, 0.29) is 11.5 Å². The molecule has 0 spiro atoms. The molecule has 0 aromatic heterocycles. The lowest BCUT2D eigenvalue weighted by Gasteiger charge is -2.13. The lowest BCUT2D eigenvalue weighted by atomic mass is 9.98. The SMILES string of the molecule is CC(N)c1cc(Cl)ccc1OCC#CC(C)(C)C. The highest BCUT2D eigenvalue weighted by Crippen LogP contribution is 2.27. The second kappa shape index (κ2) is 6.13. The van der Waals surface area contributed by atoms with E-state index in [1.807, 2.05) is 19.1 Å². The summed E-state index contributed by atoms with van der Waals surface area (Å²) < 4.78 is 5.64. The Hall–Kier alpha value is -1.17. The van der Waals surface area contributed by atoms with Crippen LogP contribution in [0.1, 0.15) is 39.3 Å². The molecule has 3 heteroatoms. The molecule has 0 fully saturated rings. The molecule has 18 heavy (non-hydrogen) atoms. The van der Waals surface area contributed by atoms with Crippen molar-refractivity contribution in [3.8, 4) is 17.6 Å². The smallest absolute Gasteiger partial charge is 0.149 e. The predicted octanol–water partition coefficient (Wildman–Crippen LogP) is 3.79. The molecule has 0 heterocycles. The van der Waals surface area contributed by atoms with Crippen LogP contribution in [0.5, 0.6) is 5.75 Å². The fraction of sp³-hybridized carbons (Fsp3) is 0.467. The Morgan fingerprint density at radius 3 is 2.61 bits per heavy atom. The minimum Gasteiger partial charge on any atom is -0.481 e. The first-order valence-electron chi connectivity index (χ1n) is 5.97. The molecule has 1 unspecified atom stereocenters. The normalized spacial score (nSPS) is 12.6. The zero-order valence-electron chi connectivity index (χ0n) is 11.4. The van der Waals surface area contributed by atoms with Gasteiger partial charge in [-0.25, -0.2) is 0 Å². The Bertz CT molecular complexity index is 464. The minimum atomic E-state index is -0.116. The summed E-state index contributed by atoms with van der Waals surface area (Å²) in [6.07, 6.45) is 0. The van der Waals surface area contributed by atoms with Gasteiger partial charge in [-0.05, 0) is 45.9 Å². The highest BCUT2D eigenvalue weighted by Gasteiger charge is 2.08. The molecule has 1 aromatic rings. The summed E-state index contributed by atoms with van der Waals surface area (Å²) in [7, 11) is 0. The van der Waals surface area contributed by atoms with Crippen LogP contribution < -0.4 is 10.5 Å². The zero-order chi connectivity index (χ0) is 13.8. The van der Waals surface area contributed by atoms with Gasteiger partial charge in [0.2, 0.25) is 0 Å². The van der Waals surface area contributed by atoms with Crippen molar-refractivity contribution < 1.29 is 4.74 Å². The van der Waals surface area contributed by atoms with Crippen molar-refractivity contribution in [3.05, 3.63) is 28.8 Å². The van der Waals surface area contributed by atoms with Gasteiger partial charge in [0.1, 0.15) is 12.4 Å². The lowest BCUT2D eigenvalue weighted by molar-refractivity contribution is 0.363. The van der Waals surface area contributed by atoms with Crippen LogP contribution in [-0.4, -0.2) is 6.61 Å². The van der Waals surface area contributed by atoms with E-state index in [1.165, 1.54) is 0 Å². The van der Waals surface area contributed by atoms with E-state index in [4.69, 9.17) is 22.1 Å². The van der Waals surface area contributed by atoms with Crippen LogP contribution >= 0.6 is 11.6 Å². The summed E-state index contributed by atoms with van der Waals surface area (Å²) in [6, 6.07) is 5.34. The Balaban J connectivity index is 2.75. The summed E-state index contributed by atoms with van der Waals surface area (Å²) in [4.78, 5) is 0. The van der Waals surface area contributed by atoms with Crippen LogP contribution in [0.25, 0.3) is 0 Å². The van der Waals surface area contributed by atoms with Gasteiger partial charge in [0.05, 0.1) is 0 Å². The predicted molar refractivity (Wildman–Crippen MR) is 76.8 cm³/mol. The summed E-state index contributed by atoms with van der Waals surface area (Å²) >= 11 is 5.94. The van der Waals surface area contributed by atoms with Crippen molar-refractivity contribution in [2.24, 2.45) is 11.1 Å². The molecule has 1 atom stereocenters. The average molecular weight is 266 g/mol. The third-order valence-electron chi connectivity index (χ3n) is 2.23. The van der Waals surface area contributed by atoms with Crippen LogP contribution in [0.2, 0.25) is 5.02 Å². The summed E-state index contributed by atoms with van der Waals surface area (Å²) in [5.41, 5.74) is 6.78. The summed E-state index contributed by atoms with van der Waals surface area (Å²) in [5.74, 6) is 6.88. The number of halogens is 1. The Labute approximate surface area is 114 Å². The van der Waals surface area contributed by atoms with Gasteiger partial charge in [-0.2, -0.15) is 0 Å². The van der Waals surface area contributed by atoms with Crippen LogP contribution in [0.3, 0.4) is 0 Å². The quantitative estimate of drug-likeness (QED) is 0.844. The number of benzene rings is 1. The molecule has 0 aliphatic carbocycles. The lowest BCUT2D eigenvalue weighted by Crippen LogP contribution is -2.08. The molecule has 2 nitrogen and oxygen atoms in total. The molecule has 1 aromatic carbocycles. The fourth-order valence-corrected chi connectivity index (χ4v) is 1.60. The number of ether oxygens (including phenoxy) is 1. The molecule has 0 aliphatic heterocycles. The standard InChI is InChI=1S/C15H20ClNO/c1-11(17)13-10-12(16)6-7-14(13)18-9-5-8-15(2,3)4/h6-7,10-11H,9,17H2,1-4H3. The monoisotopic (exact) mass is 265 g/mol. The molecule has 0 saturated carbocycles. The molecule has 0 aliphatic rings. The maximum Gasteiger partial charge on any atom is 0.149 e. The van der Waals surface area contributed by atoms with E-state index < -0.39 is 0 Å². The van der Waals surface area contributed by atoms with Gasteiger partial charge >= 0.3 is 0 Å². The minimum absolute atomic E-state index is 0.00660. The van der Waals surface area contributed by atoms with Gasteiger partial charge < -0.3 is 10.5 Å². The van der Waals surface area contributed by atoms with Crippen molar-refractivity contribution >= 4 is 11.6 Å². The summed E-state index contributed by atoms with van der Waals surface area (Å²) in [5, 5.41) is 0.662. The molecule has 0 saturated heterocycles. The number of hydrogen-bond acceptors (Lipinski definition) is 2. The number of rotatable bonds is 3. The van der Waals surface area contributed by atoms with Crippen molar-refractivity contribution in [3.63, 3.8) is 0 Å². The van der Waals surface area contributed by atoms with Crippen molar-refractivity contribution in [1.82, 2.24) is 0 Å². The molecule has 0 bridgehead atoms. The van der Waals surface area contributed by atoms with Crippen molar-refractivity contribution in [1.29, 1.82) is 0 Å². The van der Waals surface area contributed by atoms with Crippen LogP contribution in [0, 0.1) is 17.3 Å². The fourth-order valence-electron chi connectivity index (χ4n) is 1.42. The number of hydrogen-bond donors (Lipinski definition) is 1. The Morgan fingerprint density at radius 1 is 1.39 bits per heavy atom. The van der Waals surface area contributed by atoms with Crippen molar-refractivity contribution in [2.45, 2.75) is 33.7 Å². The molecule has 1 rings (SSSR count). The van der Waals surface area contributed by atoms with E-state index in [9.17, 15) is 0 Å². The van der Waals surface area contributed by atoms with Crippen LogP contribution in [0.15, 0.2) is 18.2 Å². The van der Waals surface area contributed by atoms with Gasteiger partial charge in [-0.15, -0.1) is 0 Å². The second-order valence-electron chi connectivity index (χ2n) is 5.31. The zero-order valence-corrected chi connectivity index (χ0v) is 12.1. The molecule has 2 N–H and O–H groups in total. The average Bonchev–Trinajstić information content (AvgIpc) is 2.24. The van der Waals surface area contributed by atoms with Crippen LogP contribution in [0.4, 0.5) is 0 Å². The van der Waals surface area contributed by atoms with E-state index in [1.54, 1.807) is 6.07 Å². The molecule has 98 valence electrons. The third-order valence-corrected chi connectivity index (χ3v) is 2.46. The van der Waals surface area contributed by atoms with Gasteiger partial charge in [-0.3, -0.25) is 0 Å². The van der Waals surface area contributed by atoms with E-state index in [2.05, 4.69) is 32.6 Å². The van der Waals surface area contributed by atoms with E-state index >= 15 is 0 Å².